The number of hydrogen-bond acceptors (Lipinski definition) is 7. The number of aliphatic carboxylic acids is 2. The third kappa shape index (κ3) is 5.22. The number of aliphatic hydroxyl groups is 2. The van der Waals surface area contributed by atoms with Gasteiger partial charge in [-0.2, -0.15) is 0 Å². The average molecular weight is 507 g/mol. The lowest BCUT2D eigenvalue weighted by molar-refractivity contribution is -0.168. The third-order valence-electron chi connectivity index (χ3n) is 8.62. The van der Waals surface area contributed by atoms with E-state index in [9.17, 15) is 34.2 Å². The quantitative estimate of drug-likeness (QED) is 0.448. The van der Waals surface area contributed by atoms with Crippen LogP contribution in [-0.4, -0.2) is 61.9 Å². The molecule has 0 unspecified atom stereocenters. The third-order valence-corrected chi connectivity index (χ3v) is 8.62. The summed E-state index contributed by atoms with van der Waals surface area (Å²) in [6.45, 7) is 6.39. The first-order valence-electron chi connectivity index (χ1n) is 12.5. The Kier molecular flexibility index (Phi) is 9.18. The van der Waals surface area contributed by atoms with Crippen LogP contribution in [0.4, 0.5) is 0 Å². The van der Waals surface area contributed by atoms with Crippen molar-refractivity contribution in [2.24, 2.45) is 28.6 Å². The predicted molar refractivity (Wildman–Crippen MR) is 130 cm³/mol. The van der Waals surface area contributed by atoms with Gasteiger partial charge in [0, 0.05) is 36.0 Å². The van der Waals surface area contributed by atoms with Crippen molar-refractivity contribution in [3.05, 3.63) is 23.8 Å². The van der Waals surface area contributed by atoms with Gasteiger partial charge in [0.25, 0.3) is 0 Å². The molecule has 9 nitrogen and oxygen atoms in total. The van der Waals surface area contributed by atoms with Crippen molar-refractivity contribution in [3.8, 4) is 0 Å². The zero-order valence-corrected chi connectivity index (χ0v) is 21.5. The summed E-state index contributed by atoms with van der Waals surface area (Å²) in [7, 11) is 0. The molecule has 0 heterocycles. The van der Waals surface area contributed by atoms with Crippen molar-refractivity contribution in [1.82, 2.24) is 0 Å². The lowest BCUT2D eigenvalue weighted by Crippen LogP contribution is -2.60. The van der Waals surface area contributed by atoms with Gasteiger partial charge in [-0.05, 0) is 49.7 Å². The van der Waals surface area contributed by atoms with Crippen LogP contribution in [0.25, 0.3) is 0 Å². The van der Waals surface area contributed by atoms with Crippen LogP contribution in [0.3, 0.4) is 0 Å². The zero-order chi connectivity index (χ0) is 27.5. The van der Waals surface area contributed by atoms with Gasteiger partial charge in [0.2, 0.25) is 0 Å². The van der Waals surface area contributed by atoms with Crippen molar-refractivity contribution in [2.75, 3.05) is 6.61 Å². The molecule has 9 heteroatoms. The van der Waals surface area contributed by atoms with E-state index in [4.69, 9.17) is 10.2 Å². The molecule has 0 bridgehead atoms. The van der Waals surface area contributed by atoms with Crippen molar-refractivity contribution < 1.29 is 44.4 Å². The number of carboxylic acids is 2. The minimum absolute atomic E-state index is 0.0206. The molecule has 0 aromatic carbocycles. The number of Topliss-reactive ketones (excluding diaryl/α,β-unsaturated/α-hetero) is 2. The minimum Gasteiger partial charge on any atom is -0.481 e. The summed E-state index contributed by atoms with van der Waals surface area (Å²) in [5, 5.41) is 35.9. The van der Waals surface area contributed by atoms with Gasteiger partial charge in [-0.15, -0.1) is 0 Å². The van der Waals surface area contributed by atoms with Crippen molar-refractivity contribution in [2.45, 2.75) is 78.2 Å². The standard InChI is InChI=1S/C21H26O5.2C3H6O2/c1-19-7-5-13(23)9-12(19)3-4-14-15-6-8-21(26,17(25)11-22)20(15,2)10-16(24)18(14)19;2*1-2-3(4)5/h5,7,9,14-15,18,22,26H,3-4,6,8,10-11H2,1-2H3;2*2H2,1H3,(H,4,5)/t14-,15-,18+,19-,20-,21-;;/m0../s1. The molecule has 3 saturated carbocycles. The molecule has 0 amide bonds. The zero-order valence-electron chi connectivity index (χ0n) is 21.5. The first kappa shape index (κ1) is 29.6. The lowest BCUT2D eigenvalue weighted by atomic mass is 9.46. The van der Waals surface area contributed by atoms with Crippen LogP contribution in [0, 0.1) is 28.6 Å². The first-order valence-corrected chi connectivity index (χ1v) is 12.5. The van der Waals surface area contributed by atoms with Gasteiger partial charge < -0.3 is 20.4 Å². The molecule has 200 valence electrons. The van der Waals surface area contributed by atoms with Crippen LogP contribution in [-0.2, 0) is 24.0 Å². The molecule has 0 spiro atoms. The maximum Gasteiger partial charge on any atom is 0.303 e. The molecular weight excluding hydrogens is 468 g/mol. The molecule has 4 N–H and O–H groups in total. The highest BCUT2D eigenvalue weighted by Gasteiger charge is 2.68. The van der Waals surface area contributed by atoms with Crippen LogP contribution in [0.5, 0.6) is 0 Å². The minimum atomic E-state index is -1.62. The van der Waals surface area contributed by atoms with E-state index in [1.165, 1.54) is 0 Å². The largest absolute Gasteiger partial charge is 0.481 e. The Morgan fingerprint density at radius 3 is 2.08 bits per heavy atom. The summed E-state index contributed by atoms with van der Waals surface area (Å²) in [6.07, 6.45) is 8.27. The van der Waals surface area contributed by atoms with E-state index in [0.29, 0.717) is 12.8 Å². The van der Waals surface area contributed by atoms with Gasteiger partial charge in [-0.25, -0.2) is 0 Å². The second-order valence-electron chi connectivity index (χ2n) is 10.5. The highest BCUT2D eigenvalue weighted by atomic mass is 16.4. The van der Waals surface area contributed by atoms with E-state index < -0.39 is 40.8 Å². The van der Waals surface area contributed by atoms with Crippen LogP contribution < -0.4 is 0 Å². The Morgan fingerprint density at radius 2 is 1.58 bits per heavy atom. The van der Waals surface area contributed by atoms with Crippen LogP contribution >= 0.6 is 0 Å². The molecule has 0 aromatic rings. The van der Waals surface area contributed by atoms with E-state index in [1.807, 2.05) is 19.9 Å². The number of carbonyl (C=O) groups is 5. The van der Waals surface area contributed by atoms with Gasteiger partial charge >= 0.3 is 11.9 Å². The van der Waals surface area contributed by atoms with Crippen molar-refractivity contribution in [3.63, 3.8) is 0 Å². The molecule has 36 heavy (non-hydrogen) atoms. The number of allylic oxidation sites excluding steroid dienone is 4. The van der Waals surface area contributed by atoms with Gasteiger partial charge in [-0.3, -0.25) is 24.0 Å². The summed E-state index contributed by atoms with van der Waals surface area (Å²) >= 11 is 0. The van der Waals surface area contributed by atoms with Crippen LogP contribution in [0.1, 0.15) is 72.6 Å². The SMILES string of the molecule is CCC(=O)O.CCC(=O)O.C[C@]12C=CC(=O)C=C1CC[C@@H]1[C@@H]2C(=O)C[C@@]2(C)[C@H]1CC[C@]2(O)C(=O)CO. The molecule has 3 fully saturated rings. The number of rotatable bonds is 4. The molecule has 0 radical (unpaired) electrons. The molecule has 4 rings (SSSR count). The fraction of sp³-hybridized carbons (Fsp3) is 0.667. The number of carbonyl (C=O) groups excluding carboxylic acids is 3. The fourth-order valence-corrected chi connectivity index (χ4v) is 6.62. The van der Waals surface area contributed by atoms with Gasteiger partial charge in [-0.1, -0.05) is 39.3 Å². The molecule has 4 aliphatic carbocycles. The van der Waals surface area contributed by atoms with Gasteiger partial charge in [0.05, 0.1) is 0 Å². The van der Waals surface area contributed by atoms with Crippen LogP contribution in [0.2, 0.25) is 0 Å². The Morgan fingerprint density at radius 1 is 1.03 bits per heavy atom. The maximum atomic E-state index is 13.3. The van der Waals surface area contributed by atoms with E-state index in [0.717, 1.165) is 18.4 Å². The Balaban J connectivity index is 0.000000389. The highest BCUT2D eigenvalue weighted by Crippen LogP contribution is 2.66. The van der Waals surface area contributed by atoms with E-state index in [2.05, 4.69) is 0 Å². The summed E-state index contributed by atoms with van der Waals surface area (Å²) in [6, 6.07) is 0. The summed E-state index contributed by atoms with van der Waals surface area (Å²) < 4.78 is 0. The van der Waals surface area contributed by atoms with Gasteiger partial charge in [0.1, 0.15) is 18.0 Å². The maximum absolute atomic E-state index is 13.3. The predicted octanol–water partition coefficient (Wildman–Crippen LogP) is 2.73. The number of fused-ring (bicyclic) bond motifs is 5. The fourth-order valence-electron chi connectivity index (χ4n) is 6.62. The summed E-state index contributed by atoms with van der Waals surface area (Å²) in [5.74, 6) is -2.08. The Bertz CT molecular complexity index is 966. The second-order valence-corrected chi connectivity index (χ2v) is 10.5. The topological polar surface area (TPSA) is 166 Å². The van der Waals surface area contributed by atoms with Gasteiger partial charge in [0.15, 0.2) is 11.6 Å². The first-order chi connectivity index (χ1) is 16.7. The van der Waals surface area contributed by atoms with E-state index >= 15 is 0 Å². The highest BCUT2D eigenvalue weighted by molar-refractivity contribution is 6.02. The number of aliphatic hydroxyl groups excluding tert-OH is 1. The summed E-state index contributed by atoms with van der Waals surface area (Å²) in [5.41, 5.74) is -1.86. The second kappa shape index (κ2) is 11.2. The molecule has 0 aromatic heterocycles. The molecule has 0 saturated heterocycles. The molecule has 4 aliphatic rings. The molecule has 0 aliphatic heterocycles. The molecule has 6 atom stereocenters. The number of carboxylic acid groups (broad SMARTS) is 2. The van der Waals surface area contributed by atoms with Crippen molar-refractivity contribution >= 4 is 29.3 Å². The summed E-state index contributed by atoms with van der Waals surface area (Å²) in [4.78, 5) is 56.1. The van der Waals surface area contributed by atoms with Crippen LogP contribution in [0.15, 0.2) is 23.8 Å². The monoisotopic (exact) mass is 506 g/mol. The number of ketones is 3. The lowest BCUT2D eigenvalue weighted by Gasteiger charge is -2.56. The average Bonchev–Trinajstić information content (AvgIpc) is 3.10. The molecular formula is C27H38O9. The van der Waals surface area contributed by atoms with E-state index in [1.54, 1.807) is 26.0 Å². The Labute approximate surface area is 211 Å². The Hall–Kier alpha value is -2.65. The normalized spacial score (nSPS) is 36.1. The smallest absolute Gasteiger partial charge is 0.303 e. The number of hydrogen-bond donors (Lipinski definition) is 4. The van der Waals surface area contributed by atoms with Crippen molar-refractivity contribution in [1.29, 1.82) is 0 Å². The van der Waals surface area contributed by atoms with E-state index in [-0.39, 0.29) is 48.6 Å².